The van der Waals surface area contributed by atoms with E-state index in [0.717, 1.165) is 49.4 Å². The zero-order valence-corrected chi connectivity index (χ0v) is 14.5. The molecule has 0 bridgehead atoms. The van der Waals surface area contributed by atoms with E-state index in [1.807, 2.05) is 43.1 Å². The number of hydrogen-bond donors (Lipinski definition) is 1. The van der Waals surface area contributed by atoms with Crippen LogP contribution in [-0.2, 0) is 11.2 Å². The van der Waals surface area contributed by atoms with Crippen LogP contribution < -0.4 is 10.1 Å². The third-order valence-electron chi connectivity index (χ3n) is 4.36. The third kappa shape index (κ3) is 5.10. The molecule has 1 saturated heterocycles. The van der Waals surface area contributed by atoms with Gasteiger partial charge < -0.3 is 15.0 Å². The second-order valence-corrected chi connectivity index (χ2v) is 6.33. The van der Waals surface area contributed by atoms with E-state index < -0.39 is 0 Å². The fourth-order valence-electron chi connectivity index (χ4n) is 3.22. The first-order chi connectivity index (χ1) is 11.1. The number of methoxy groups -OCH3 is 1. The van der Waals surface area contributed by atoms with Crippen molar-refractivity contribution in [1.82, 2.24) is 10.2 Å². The molecule has 126 valence electrons. The molecular formula is C19H28N2O2. The van der Waals surface area contributed by atoms with Crippen molar-refractivity contribution in [2.24, 2.45) is 5.92 Å². The van der Waals surface area contributed by atoms with E-state index in [-0.39, 0.29) is 5.91 Å². The molecule has 0 saturated carbocycles. The zero-order valence-electron chi connectivity index (χ0n) is 14.5. The molecule has 0 spiro atoms. The van der Waals surface area contributed by atoms with E-state index in [2.05, 4.69) is 5.32 Å². The van der Waals surface area contributed by atoms with Crippen LogP contribution >= 0.6 is 0 Å². The number of rotatable bonds is 6. The highest BCUT2D eigenvalue weighted by Gasteiger charge is 2.22. The van der Waals surface area contributed by atoms with Gasteiger partial charge in [0.25, 0.3) is 0 Å². The lowest BCUT2D eigenvalue weighted by Crippen LogP contribution is -2.41. The van der Waals surface area contributed by atoms with Crippen molar-refractivity contribution in [2.45, 2.75) is 26.2 Å². The Hall–Kier alpha value is -1.81. The summed E-state index contributed by atoms with van der Waals surface area (Å²) in [4.78, 5) is 14.5. The molecule has 0 aliphatic carbocycles. The van der Waals surface area contributed by atoms with Gasteiger partial charge in [-0.1, -0.05) is 23.8 Å². The number of nitrogens with one attached hydrogen (secondary N) is 1. The number of benzene rings is 1. The quantitative estimate of drug-likeness (QED) is 0.820. The highest BCUT2D eigenvalue weighted by Crippen LogP contribution is 2.21. The maximum absolute atomic E-state index is 12.5. The SMILES string of the molecule is CNCC1CCCN(C(=O)C=C(C)Cc2ccccc2OC)C1. The lowest BCUT2D eigenvalue weighted by molar-refractivity contribution is -0.127. The average Bonchev–Trinajstić information content (AvgIpc) is 2.56. The minimum Gasteiger partial charge on any atom is -0.496 e. The monoisotopic (exact) mass is 316 g/mol. The third-order valence-corrected chi connectivity index (χ3v) is 4.36. The Morgan fingerprint density at radius 1 is 1.43 bits per heavy atom. The van der Waals surface area contributed by atoms with Gasteiger partial charge in [-0.25, -0.2) is 0 Å². The number of nitrogens with zero attached hydrogens (tertiary/aromatic N) is 1. The van der Waals surface area contributed by atoms with Crippen LogP contribution in [0.5, 0.6) is 5.75 Å². The van der Waals surface area contributed by atoms with Crippen molar-refractivity contribution in [3.63, 3.8) is 0 Å². The summed E-state index contributed by atoms with van der Waals surface area (Å²) in [6.07, 6.45) is 4.82. The van der Waals surface area contributed by atoms with Crippen LogP contribution in [0.1, 0.15) is 25.3 Å². The van der Waals surface area contributed by atoms with E-state index in [1.54, 1.807) is 13.2 Å². The molecule has 0 aromatic heterocycles. The largest absolute Gasteiger partial charge is 0.496 e. The van der Waals surface area contributed by atoms with E-state index in [1.165, 1.54) is 6.42 Å². The fraction of sp³-hybridized carbons (Fsp3) is 0.526. The van der Waals surface area contributed by atoms with Gasteiger partial charge in [-0.15, -0.1) is 0 Å². The number of allylic oxidation sites excluding steroid dienone is 1. The molecule has 1 fully saturated rings. The summed E-state index contributed by atoms with van der Waals surface area (Å²) in [6.45, 7) is 4.72. The first kappa shape index (κ1) is 17.5. The molecule has 1 amide bonds. The van der Waals surface area contributed by atoms with Gasteiger partial charge in [0.1, 0.15) is 5.75 Å². The van der Waals surface area contributed by atoms with Gasteiger partial charge in [-0.05, 0) is 57.3 Å². The Bertz CT molecular complexity index is 552. The number of carbonyl (C=O) groups excluding carboxylic acids is 1. The van der Waals surface area contributed by atoms with Crippen LogP contribution in [0.3, 0.4) is 0 Å². The van der Waals surface area contributed by atoms with Crippen LogP contribution in [0.25, 0.3) is 0 Å². The van der Waals surface area contributed by atoms with Crippen LogP contribution in [0.2, 0.25) is 0 Å². The molecule has 1 aliphatic heterocycles. The molecule has 1 aliphatic rings. The maximum atomic E-state index is 12.5. The molecule has 1 atom stereocenters. The van der Waals surface area contributed by atoms with Gasteiger partial charge in [0.05, 0.1) is 7.11 Å². The van der Waals surface area contributed by atoms with Gasteiger partial charge in [0.15, 0.2) is 0 Å². The smallest absolute Gasteiger partial charge is 0.246 e. The molecule has 1 aromatic carbocycles. The van der Waals surface area contributed by atoms with Crippen molar-refractivity contribution in [2.75, 3.05) is 33.8 Å². The Balaban J connectivity index is 1.98. The number of para-hydroxylation sites is 1. The molecule has 4 heteroatoms. The fourth-order valence-corrected chi connectivity index (χ4v) is 3.22. The molecule has 1 unspecified atom stereocenters. The van der Waals surface area contributed by atoms with Crippen molar-refractivity contribution < 1.29 is 9.53 Å². The number of ether oxygens (including phenoxy) is 1. The van der Waals surface area contributed by atoms with Crippen LogP contribution in [0, 0.1) is 5.92 Å². The first-order valence-corrected chi connectivity index (χ1v) is 8.36. The molecular weight excluding hydrogens is 288 g/mol. The Morgan fingerprint density at radius 2 is 2.22 bits per heavy atom. The van der Waals surface area contributed by atoms with E-state index in [0.29, 0.717) is 5.92 Å². The van der Waals surface area contributed by atoms with Gasteiger partial charge in [-0.3, -0.25) is 4.79 Å². The molecule has 2 rings (SSSR count). The highest BCUT2D eigenvalue weighted by atomic mass is 16.5. The maximum Gasteiger partial charge on any atom is 0.246 e. The summed E-state index contributed by atoms with van der Waals surface area (Å²) < 4.78 is 5.38. The van der Waals surface area contributed by atoms with Gasteiger partial charge in [-0.2, -0.15) is 0 Å². The summed E-state index contributed by atoms with van der Waals surface area (Å²) in [6, 6.07) is 7.96. The van der Waals surface area contributed by atoms with Crippen LogP contribution in [0.15, 0.2) is 35.9 Å². The van der Waals surface area contributed by atoms with Crippen molar-refractivity contribution >= 4 is 5.91 Å². The number of carbonyl (C=O) groups is 1. The van der Waals surface area contributed by atoms with Gasteiger partial charge >= 0.3 is 0 Å². The second-order valence-electron chi connectivity index (χ2n) is 6.33. The Labute approximate surface area is 139 Å². The molecule has 1 N–H and O–H groups in total. The summed E-state index contributed by atoms with van der Waals surface area (Å²) in [5.74, 6) is 1.58. The number of likely N-dealkylation sites (tertiary alicyclic amines) is 1. The number of piperidine rings is 1. The van der Waals surface area contributed by atoms with Crippen molar-refractivity contribution in [3.05, 3.63) is 41.5 Å². The van der Waals surface area contributed by atoms with Gasteiger partial charge in [0, 0.05) is 19.2 Å². The zero-order chi connectivity index (χ0) is 16.7. The minimum atomic E-state index is 0.137. The van der Waals surface area contributed by atoms with E-state index in [9.17, 15) is 4.79 Å². The molecule has 0 radical (unpaired) electrons. The topological polar surface area (TPSA) is 41.6 Å². The molecule has 1 heterocycles. The lowest BCUT2D eigenvalue weighted by Gasteiger charge is -2.32. The summed E-state index contributed by atoms with van der Waals surface area (Å²) >= 11 is 0. The van der Waals surface area contributed by atoms with Crippen molar-refractivity contribution in [1.29, 1.82) is 0 Å². The Morgan fingerprint density at radius 3 is 2.96 bits per heavy atom. The predicted octanol–water partition coefficient (Wildman–Crippen LogP) is 2.64. The minimum absolute atomic E-state index is 0.137. The summed E-state index contributed by atoms with van der Waals surface area (Å²) in [5.41, 5.74) is 2.18. The Kier molecular flexibility index (Phi) is 6.66. The highest BCUT2D eigenvalue weighted by molar-refractivity contribution is 5.88. The normalized spacial score (nSPS) is 18.8. The van der Waals surface area contributed by atoms with Gasteiger partial charge in [0.2, 0.25) is 5.91 Å². The average molecular weight is 316 g/mol. The molecule has 23 heavy (non-hydrogen) atoms. The number of amides is 1. The van der Waals surface area contributed by atoms with Crippen molar-refractivity contribution in [3.8, 4) is 5.75 Å². The summed E-state index contributed by atoms with van der Waals surface area (Å²) in [7, 11) is 3.65. The first-order valence-electron chi connectivity index (χ1n) is 8.36. The summed E-state index contributed by atoms with van der Waals surface area (Å²) in [5, 5.41) is 3.22. The molecule has 1 aromatic rings. The predicted molar refractivity (Wildman–Crippen MR) is 93.7 cm³/mol. The van der Waals surface area contributed by atoms with E-state index >= 15 is 0 Å². The van der Waals surface area contributed by atoms with Crippen LogP contribution in [0.4, 0.5) is 0 Å². The lowest BCUT2D eigenvalue weighted by atomic mass is 9.97. The van der Waals surface area contributed by atoms with Crippen LogP contribution in [-0.4, -0.2) is 44.6 Å². The standard InChI is InChI=1S/C19H28N2O2/c1-15(11-17-8-4-5-9-18(17)23-3)12-19(22)21-10-6-7-16(14-21)13-20-2/h4-5,8-9,12,16,20H,6-7,10-11,13-14H2,1-3H3. The number of hydrogen-bond acceptors (Lipinski definition) is 3. The van der Waals surface area contributed by atoms with E-state index in [4.69, 9.17) is 4.74 Å². The second kappa shape index (κ2) is 8.73. The molecule has 4 nitrogen and oxygen atoms in total.